The van der Waals surface area contributed by atoms with E-state index >= 15 is 0 Å². The first-order valence-corrected chi connectivity index (χ1v) is 11.6. The maximum absolute atomic E-state index is 12.3. The van der Waals surface area contributed by atoms with Gasteiger partial charge in [-0.15, -0.1) is 0 Å². The van der Waals surface area contributed by atoms with Gasteiger partial charge in [0.05, 0.1) is 5.56 Å². The van der Waals surface area contributed by atoms with Crippen LogP contribution in [0.15, 0.2) is 54.6 Å². The Labute approximate surface area is 221 Å². The molecule has 0 aliphatic carbocycles. The summed E-state index contributed by atoms with van der Waals surface area (Å²) in [4.78, 5) is 12.3. The normalized spacial score (nSPS) is 23.0. The molecule has 206 valence electrons. The van der Waals surface area contributed by atoms with Crippen LogP contribution in [0.2, 0.25) is 0 Å². The van der Waals surface area contributed by atoms with E-state index in [4.69, 9.17) is 14.2 Å². The zero-order chi connectivity index (χ0) is 28.3. The van der Waals surface area contributed by atoms with Gasteiger partial charge in [0.2, 0.25) is 6.29 Å². The molecule has 8 N–H and O–H groups in total. The maximum Gasteiger partial charge on any atom is 0.338 e. The van der Waals surface area contributed by atoms with Crippen molar-refractivity contribution in [1.29, 1.82) is 0 Å². The molecule has 0 unspecified atom stereocenters. The van der Waals surface area contributed by atoms with Crippen LogP contribution in [0.4, 0.5) is 0 Å². The van der Waals surface area contributed by atoms with Crippen molar-refractivity contribution in [1.82, 2.24) is 0 Å². The smallest absolute Gasteiger partial charge is 0.338 e. The predicted molar refractivity (Wildman–Crippen MR) is 134 cm³/mol. The Morgan fingerprint density at radius 2 is 1.36 bits per heavy atom. The van der Waals surface area contributed by atoms with E-state index in [1.807, 2.05) is 0 Å². The quantitative estimate of drug-likeness (QED) is 0.121. The summed E-state index contributed by atoms with van der Waals surface area (Å²) in [7, 11) is 0. The van der Waals surface area contributed by atoms with Crippen LogP contribution >= 0.6 is 0 Å². The molecule has 39 heavy (non-hydrogen) atoms. The Bertz CT molecular complexity index is 1310. The van der Waals surface area contributed by atoms with Crippen molar-refractivity contribution in [2.24, 2.45) is 0 Å². The summed E-state index contributed by atoms with van der Waals surface area (Å²) in [5, 5.41) is 78.6. The summed E-state index contributed by atoms with van der Waals surface area (Å²) in [6.07, 6.45) is -4.33. The molecule has 1 aliphatic rings. The Balaban J connectivity index is 1.38. The Morgan fingerprint density at radius 1 is 0.769 bits per heavy atom. The number of aliphatic hydroxyl groups is 3. The summed E-state index contributed by atoms with van der Waals surface area (Å²) >= 11 is 0. The molecule has 1 saturated heterocycles. The third-order valence-electron chi connectivity index (χ3n) is 5.88. The molecule has 0 radical (unpaired) electrons. The summed E-state index contributed by atoms with van der Waals surface area (Å²) in [5.41, 5.74) is 1.02. The number of phenolic OH excluding ortho intramolecular Hbond substituents is 5. The molecule has 3 aromatic rings. The molecule has 0 amide bonds. The topological polar surface area (TPSA) is 207 Å². The van der Waals surface area contributed by atoms with Gasteiger partial charge in [-0.05, 0) is 47.5 Å². The zero-order valence-corrected chi connectivity index (χ0v) is 20.2. The van der Waals surface area contributed by atoms with Gasteiger partial charge in [0, 0.05) is 6.07 Å². The predicted octanol–water partition coefficient (Wildman–Crippen LogP) is 1.43. The molecule has 1 aliphatic heterocycles. The molecule has 12 nitrogen and oxygen atoms in total. The van der Waals surface area contributed by atoms with E-state index in [0.717, 1.165) is 17.7 Å². The van der Waals surface area contributed by atoms with Crippen molar-refractivity contribution in [3.63, 3.8) is 0 Å². The first kappa shape index (κ1) is 27.5. The summed E-state index contributed by atoms with van der Waals surface area (Å²) in [6, 6.07) is 12.4. The van der Waals surface area contributed by atoms with Crippen LogP contribution in [0, 0.1) is 0 Å². The summed E-state index contributed by atoms with van der Waals surface area (Å²) in [5.74, 6) is -3.24. The van der Waals surface area contributed by atoms with Crippen LogP contribution in [-0.2, 0) is 9.47 Å². The van der Waals surface area contributed by atoms with Gasteiger partial charge in [0.1, 0.15) is 48.3 Å². The van der Waals surface area contributed by atoms with Gasteiger partial charge < -0.3 is 55.1 Å². The zero-order valence-electron chi connectivity index (χ0n) is 20.2. The van der Waals surface area contributed by atoms with Crippen LogP contribution in [0.5, 0.6) is 34.5 Å². The molecule has 12 heteroatoms. The van der Waals surface area contributed by atoms with Crippen LogP contribution in [-0.4, -0.2) is 84.1 Å². The number of benzene rings is 3. The van der Waals surface area contributed by atoms with Crippen molar-refractivity contribution in [3.05, 3.63) is 71.3 Å². The number of carbonyl (C=O) groups excluding carboxylic acids is 1. The van der Waals surface area contributed by atoms with Crippen molar-refractivity contribution >= 4 is 18.1 Å². The van der Waals surface area contributed by atoms with Crippen LogP contribution in [0.3, 0.4) is 0 Å². The Hall–Kier alpha value is -4.49. The first-order chi connectivity index (χ1) is 18.5. The van der Waals surface area contributed by atoms with Crippen molar-refractivity contribution in [2.75, 3.05) is 6.61 Å². The lowest BCUT2D eigenvalue weighted by Crippen LogP contribution is -2.60. The van der Waals surface area contributed by atoms with Gasteiger partial charge in [-0.3, -0.25) is 0 Å². The van der Waals surface area contributed by atoms with E-state index < -0.39 is 60.5 Å². The lowest BCUT2D eigenvalue weighted by atomic mass is 9.99. The molecular formula is C27H26O12. The highest BCUT2D eigenvalue weighted by molar-refractivity contribution is 5.91. The van der Waals surface area contributed by atoms with Gasteiger partial charge in [-0.2, -0.15) is 0 Å². The number of carbonyl (C=O) groups is 1. The number of rotatable bonds is 7. The number of ether oxygens (including phenoxy) is 3. The lowest BCUT2D eigenvalue weighted by Gasteiger charge is -2.39. The van der Waals surface area contributed by atoms with E-state index in [1.54, 1.807) is 36.4 Å². The highest BCUT2D eigenvalue weighted by atomic mass is 16.7. The second-order valence-electron chi connectivity index (χ2n) is 8.78. The average Bonchev–Trinajstić information content (AvgIpc) is 2.90. The fourth-order valence-electron chi connectivity index (χ4n) is 3.81. The molecule has 3 aromatic carbocycles. The number of esters is 1. The largest absolute Gasteiger partial charge is 0.508 e. The van der Waals surface area contributed by atoms with Crippen molar-refractivity contribution in [2.45, 2.75) is 30.7 Å². The van der Waals surface area contributed by atoms with Crippen molar-refractivity contribution < 1.29 is 59.9 Å². The monoisotopic (exact) mass is 542 g/mol. The van der Waals surface area contributed by atoms with Gasteiger partial charge >= 0.3 is 5.97 Å². The van der Waals surface area contributed by atoms with Crippen LogP contribution in [0.1, 0.15) is 21.5 Å². The minimum Gasteiger partial charge on any atom is -0.508 e. The highest BCUT2D eigenvalue weighted by Crippen LogP contribution is 2.35. The SMILES string of the molecule is O=C(OC[C@@H]1O[C@@H](Oc2ccc(/C=C/c3cc(O)cc(O)c3)cc2)[C@@H](O)[C@@H](O)[C@@H]1O)c1cc(O)c(O)c(O)c1. The number of hydrogen-bond acceptors (Lipinski definition) is 12. The third-order valence-corrected chi connectivity index (χ3v) is 5.88. The van der Waals surface area contributed by atoms with Crippen LogP contribution < -0.4 is 4.74 Å². The van der Waals surface area contributed by atoms with E-state index in [9.17, 15) is 45.6 Å². The molecule has 0 saturated carbocycles. The second kappa shape index (κ2) is 11.5. The first-order valence-electron chi connectivity index (χ1n) is 11.6. The average molecular weight is 542 g/mol. The maximum atomic E-state index is 12.3. The molecule has 5 atom stereocenters. The highest BCUT2D eigenvalue weighted by Gasteiger charge is 2.45. The minimum absolute atomic E-state index is 0.0799. The molecule has 4 rings (SSSR count). The fourth-order valence-corrected chi connectivity index (χ4v) is 3.81. The molecule has 1 heterocycles. The summed E-state index contributed by atoms with van der Waals surface area (Å²) < 4.78 is 16.2. The molecule has 0 aromatic heterocycles. The van der Waals surface area contributed by atoms with Gasteiger partial charge in [-0.25, -0.2) is 4.79 Å². The molecule has 0 spiro atoms. The van der Waals surface area contributed by atoms with E-state index in [1.165, 1.54) is 18.2 Å². The molecule has 0 bridgehead atoms. The summed E-state index contributed by atoms with van der Waals surface area (Å²) in [6.45, 7) is -0.583. The minimum atomic E-state index is -1.70. The van der Waals surface area contributed by atoms with Gasteiger partial charge in [-0.1, -0.05) is 24.3 Å². The number of phenols is 5. The lowest BCUT2D eigenvalue weighted by molar-refractivity contribution is -0.277. The van der Waals surface area contributed by atoms with E-state index in [2.05, 4.69) is 0 Å². The van der Waals surface area contributed by atoms with Crippen LogP contribution in [0.25, 0.3) is 12.2 Å². The Morgan fingerprint density at radius 3 is 1.97 bits per heavy atom. The van der Waals surface area contributed by atoms with Gasteiger partial charge in [0.15, 0.2) is 17.2 Å². The second-order valence-corrected chi connectivity index (χ2v) is 8.78. The molecule has 1 fully saturated rings. The molecular weight excluding hydrogens is 516 g/mol. The number of hydrogen-bond donors (Lipinski definition) is 8. The van der Waals surface area contributed by atoms with E-state index in [0.29, 0.717) is 5.56 Å². The fraction of sp³-hybridized carbons (Fsp3) is 0.222. The van der Waals surface area contributed by atoms with E-state index in [-0.39, 0.29) is 22.8 Å². The standard InChI is InChI=1S/C27H26O12/c28-16-7-14(8-17(29)11-16)2-1-13-3-5-18(6-4-13)38-27-25(35)24(34)23(33)21(39-27)12-37-26(36)15-9-19(30)22(32)20(31)10-15/h1-11,21,23-25,27-35H,12H2/b2-1+/t21-,23+,24-,25-,27+/m0/s1. The Kier molecular flexibility index (Phi) is 8.12. The number of aromatic hydroxyl groups is 5. The third kappa shape index (κ3) is 6.51. The van der Waals surface area contributed by atoms with Crippen molar-refractivity contribution in [3.8, 4) is 34.5 Å². The number of aliphatic hydroxyl groups excluding tert-OH is 3. The van der Waals surface area contributed by atoms with Gasteiger partial charge in [0.25, 0.3) is 0 Å².